The minimum Gasteiger partial charge on any atom is -0.370 e. The predicted molar refractivity (Wildman–Crippen MR) is 67.7 cm³/mol. The van der Waals surface area contributed by atoms with Crippen LogP contribution in [0.5, 0.6) is 0 Å². The van der Waals surface area contributed by atoms with Crippen LogP contribution in [0.1, 0.15) is 18.5 Å². The molecule has 1 atom stereocenters. The molecule has 0 aromatic carbocycles. The monoisotopic (exact) mass is 222 g/mol. The molecular formula is C12H18N2S. The number of aromatic nitrogens is 1. The third kappa shape index (κ3) is 2.65. The quantitative estimate of drug-likeness (QED) is 0.765. The number of rotatable bonds is 2. The summed E-state index contributed by atoms with van der Waals surface area (Å²) in [4.78, 5) is 6.73. The number of pyridine rings is 1. The second-order valence-corrected chi connectivity index (χ2v) is 5.24. The van der Waals surface area contributed by atoms with E-state index in [2.05, 4.69) is 35.2 Å². The molecule has 3 heteroatoms. The third-order valence-corrected chi connectivity index (χ3v) is 4.01. The molecule has 0 saturated carbocycles. The maximum atomic E-state index is 4.24. The van der Waals surface area contributed by atoms with Gasteiger partial charge in [0.15, 0.2) is 0 Å². The minimum atomic E-state index is 0.798. The third-order valence-electron chi connectivity index (χ3n) is 2.96. The molecule has 0 bridgehead atoms. The van der Waals surface area contributed by atoms with Crippen molar-refractivity contribution in [3.63, 3.8) is 0 Å². The fourth-order valence-electron chi connectivity index (χ4n) is 2.09. The molecule has 2 heterocycles. The van der Waals surface area contributed by atoms with Crippen LogP contribution in [0.2, 0.25) is 0 Å². The summed E-state index contributed by atoms with van der Waals surface area (Å²) in [5.74, 6) is 0. The van der Waals surface area contributed by atoms with Gasteiger partial charge in [-0.3, -0.25) is 4.98 Å². The van der Waals surface area contributed by atoms with E-state index in [9.17, 15) is 0 Å². The lowest BCUT2D eigenvalue weighted by Crippen LogP contribution is -2.36. The average molecular weight is 222 g/mol. The number of piperidine rings is 1. The van der Waals surface area contributed by atoms with Crippen molar-refractivity contribution in [3.8, 4) is 0 Å². The number of thioether (sulfide) groups is 1. The molecule has 1 aromatic heterocycles. The van der Waals surface area contributed by atoms with Crippen molar-refractivity contribution in [2.45, 2.75) is 25.0 Å². The largest absolute Gasteiger partial charge is 0.370 e. The highest BCUT2D eigenvalue weighted by Crippen LogP contribution is 2.25. The van der Waals surface area contributed by atoms with Crippen molar-refractivity contribution in [1.29, 1.82) is 0 Å². The Morgan fingerprint density at radius 2 is 2.40 bits per heavy atom. The number of hydrogen-bond acceptors (Lipinski definition) is 3. The Kier molecular flexibility index (Phi) is 3.52. The summed E-state index contributed by atoms with van der Waals surface area (Å²) >= 11 is 1.99. The van der Waals surface area contributed by atoms with Gasteiger partial charge in [0.05, 0.1) is 0 Å². The fourth-order valence-corrected chi connectivity index (χ4v) is 2.82. The molecule has 2 nitrogen and oxygen atoms in total. The van der Waals surface area contributed by atoms with Crippen LogP contribution in [-0.2, 0) is 0 Å². The predicted octanol–water partition coefficient (Wildman–Crippen LogP) is 2.72. The summed E-state index contributed by atoms with van der Waals surface area (Å²) in [6.45, 7) is 4.44. The Labute approximate surface area is 96.1 Å². The van der Waals surface area contributed by atoms with Gasteiger partial charge in [0.2, 0.25) is 0 Å². The zero-order valence-corrected chi connectivity index (χ0v) is 10.3. The standard InChI is InChI=1S/C12H18N2S/c1-10-8-11(5-6-13-10)14-7-3-4-12(9-14)15-2/h5-6,8,12H,3-4,7,9H2,1-2H3. The van der Waals surface area contributed by atoms with Gasteiger partial charge in [0.1, 0.15) is 0 Å². The summed E-state index contributed by atoms with van der Waals surface area (Å²) in [5, 5.41) is 0.798. The maximum Gasteiger partial charge on any atom is 0.0400 e. The van der Waals surface area contributed by atoms with Crippen LogP contribution in [0.15, 0.2) is 18.3 Å². The van der Waals surface area contributed by atoms with Crippen molar-refractivity contribution in [2.75, 3.05) is 24.2 Å². The van der Waals surface area contributed by atoms with E-state index in [-0.39, 0.29) is 0 Å². The van der Waals surface area contributed by atoms with Crippen LogP contribution >= 0.6 is 11.8 Å². The van der Waals surface area contributed by atoms with E-state index in [1.807, 2.05) is 18.0 Å². The van der Waals surface area contributed by atoms with Crippen molar-refractivity contribution in [3.05, 3.63) is 24.0 Å². The van der Waals surface area contributed by atoms with E-state index in [1.54, 1.807) is 0 Å². The lowest BCUT2D eigenvalue weighted by molar-refractivity contribution is 0.590. The molecule has 1 aromatic rings. The lowest BCUT2D eigenvalue weighted by atomic mass is 10.1. The first-order chi connectivity index (χ1) is 7.29. The first kappa shape index (κ1) is 10.8. The number of nitrogens with zero attached hydrogens (tertiary/aromatic N) is 2. The van der Waals surface area contributed by atoms with Crippen LogP contribution in [0.4, 0.5) is 5.69 Å². The molecule has 1 saturated heterocycles. The van der Waals surface area contributed by atoms with Gasteiger partial charge in [-0.25, -0.2) is 0 Å². The molecule has 1 unspecified atom stereocenters. The van der Waals surface area contributed by atoms with Crippen molar-refractivity contribution >= 4 is 17.4 Å². The Morgan fingerprint density at radius 1 is 1.53 bits per heavy atom. The van der Waals surface area contributed by atoms with Crippen molar-refractivity contribution < 1.29 is 0 Å². The zero-order valence-electron chi connectivity index (χ0n) is 9.44. The molecule has 2 rings (SSSR count). The molecule has 0 radical (unpaired) electrons. The number of hydrogen-bond donors (Lipinski definition) is 0. The van der Waals surface area contributed by atoms with E-state index in [1.165, 1.54) is 31.6 Å². The molecule has 1 aliphatic heterocycles. The molecule has 1 fully saturated rings. The van der Waals surface area contributed by atoms with E-state index in [0.29, 0.717) is 0 Å². The molecule has 0 N–H and O–H groups in total. The molecule has 1 aliphatic rings. The number of anilines is 1. The second kappa shape index (κ2) is 4.88. The summed E-state index contributed by atoms with van der Waals surface area (Å²) < 4.78 is 0. The average Bonchev–Trinajstić information content (AvgIpc) is 2.29. The van der Waals surface area contributed by atoms with Crippen LogP contribution in [-0.4, -0.2) is 29.6 Å². The highest BCUT2D eigenvalue weighted by Gasteiger charge is 2.19. The normalized spacial score (nSPS) is 21.7. The topological polar surface area (TPSA) is 16.1 Å². The van der Waals surface area contributed by atoms with Gasteiger partial charge in [0.25, 0.3) is 0 Å². The second-order valence-electron chi connectivity index (χ2n) is 4.10. The van der Waals surface area contributed by atoms with Crippen LogP contribution in [0, 0.1) is 6.92 Å². The Morgan fingerprint density at radius 3 is 3.13 bits per heavy atom. The Bertz CT molecular complexity index is 327. The molecule has 15 heavy (non-hydrogen) atoms. The fraction of sp³-hybridized carbons (Fsp3) is 0.583. The molecule has 0 amide bonds. The van der Waals surface area contributed by atoms with Gasteiger partial charge >= 0.3 is 0 Å². The Hall–Kier alpha value is -0.700. The van der Waals surface area contributed by atoms with Gasteiger partial charge < -0.3 is 4.90 Å². The Balaban J connectivity index is 2.09. The summed E-state index contributed by atoms with van der Waals surface area (Å²) in [7, 11) is 0. The highest BCUT2D eigenvalue weighted by atomic mass is 32.2. The van der Waals surface area contributed by atoms with Gasteiger partial charge in [0, 0.05) is 35.9 Å². The van der Waals surface area contributed by atoms with Crippen molar-refractivity contribution in [2.24, 2.45) is 0 Å². The lowest BCUT2D eigenvalue weighted by Gasteiger charge is -2.33. The minimum absolute atomic E-state index is 0.798. The van der Waals surface area contributed by atoms with Crippen molar-refractivity contribution in [1.82, 2.24) is 4.98 Å². The highest BCUT2D eigenvalue weighted by molar-refractivity contribution is 7.99. The maximum absolute atomic E-state index is 4.24. The molecule has 0 aliphatic carbocycles. The molecule has 82 valence electrons. The first-order valence-electron chi connectivity index (χ1n) is 5.50. The van der Waals surface area contributed by atoms with E-state index < -0.39 is 0 Å². The van der Waals surface area contributed by atoms with Gasteiger partial charge in [-0.2, -0.15) is 11.8 Å². The van der Waals surface area contributed by atoms with Gasteiger partial charge in [-0.05, 0) is 38.2 Å². The molecular weight excluding hydrogens is 204 g/mol. The summed E-state index contributed by atoms with van der Waals surface area (Å²) in [5.41, 5.74) is 2.44. The van der Waals surface area contributed by atoms with Crippen LogP contribution in [0.3, 0.4) is 0 Å². The SMILES string of the molecule is CSC1CCCN(c2ccnc(C)c2)C1. The van der Waals surface area contributed by atoms with E-state index >= 15 is 0 Å². The summed E-state index contributed by atoms with van der Waals surface area (Å²) in [6.07, 6.45) is 6.80. The van der Waals surface area contributed by atoms with Crippen LogP contribution < -0.4 is 4.90 Å². The van der Waals surface area contributed by atoms with E-state index in [4.69, 9.17) is 0 Å². The van der Waals surface area contributed by atoms with Gasteiger partial charge in [-0.15, -0.1) is 0 Å². The smallest absolute Gasteiger partial charge is 0.0400 e. The van der Waals surface area contributed by atoms with E-state index in [0.717, 1.165) is 10.9 Å². The zero-order chi connectivity index (χ0) is 10.7. The summed E-state index contributed by atoms with van der Waals surface area (Å²) in [6, 6.07) is 4.30. The van der Waals surface area contributed by atoms with Gasteiger partial charge in [-0.1, -0.05) is 0 Å². The van der Waals surface area contributed by atoms with Crippen LogP contribution in [0.25, 0.3) is 0 Å². The first-order valence-corrected chi connectivity index (χ1v) is 6.79. The molecule has 0 spiro atoms. The number of aryl methyl sites for hydroxylation is 1.